The molecule has 3 aliphatic rings. The van der Waals surface area contributed by atoms with Crippen molar-refractivity contribution in [2.45, 2.75) is 59.2 Å². The Bertz CT molecular complexity index is 510. The summed E-state index contributed by atoms with van der Waals surface area (Å²) in [6, 6.07) is 0. The highest BCUT2D eigenvalue weighted by Gasteiger charge is 2.61. The Kier molecular flexibility index (Phi) is 7.45. The van der Waals surface area contributed by atoms with Crippen LogP contribution in [0.1, 0.15) is 47.0 Å². The molecule has 0 aromatic rings. The van der Waals surface area contributed by atoms with Crippen LogP contribution in [0.15, 0.2) is 0 Å². The fraction of sp³-hybridized carbons (Fsp3) is 0.950. The molecule has 1 aliphatic heterocycles. The maximum absolute atomic E-state index is 11.7. The average molecular weight is 405 g/mol. The van der Waals surface area contributed by atoms with Gasteiger partial charge in [0.25, 0.3) is 0 Å². The number of halogens is 1. The van der Waals surface area contributed by atoms with Crippen molar-refractivity contribution in [3.05, 3.63) is 0 Å². The topological polar surface area (TPSA) is 62.2 Å². The molecular formula is C20H37ClN2O4. The third kappa shape index (κ3) is 4.39. The summed E-state index contributed by atoms with van der Waals surface area (Å²) >= 11 is 0. The number of aliphatic hydroxyl groups is 1. The summed E-state index contributed by atoms with van der Waals surface area (Å²) in [7, 11) is 0. The molecule has 2 saturated carbocycles. The number of amides is 1. The molecule has 2 bridgehead atoms. The number of fused-ring (bicyclic) bond motifs is 2. The Hall–Kier alpha value is -0.560. The lowest BCUT2D eigenvalue weighted by atomic mass is 9.70. The van der Waals surface area contributed by atoms with E-state index in [1.807, 2.05) is 6.92 Å². The standard InChI is InChI=1S/C20H36N2O4.ClH/c1-5-25-18(24)22-10-8-21(9-11-22)13-16(23)14-26-17-12-15-6-7-20(17,4)19(15,2)3;/h15-17,23H,5-14H2,1-4H3;1H. The van der Waals surface area contributed by atoms with Gasteiger partial charge in [-0.25, -0.2) is 4.79 Å². The number of carbonyl (C=O) groups excluding carboxylic acids is 1. The number of carbonyl (C=O) groups is 1. The summed E-state index contributed by atoms with van der Waals surface area (Å²) in [4.78, 5) is 15.7. The molecule has 0 spiro atoms. The van der Waals surface area contributed by atoms with Gasteiger partial charge >= 0.3 is 6.09 Å². The summed E-state index contributed by atoms with van der Waals surface area (Å²) in [6.07, 6.45) is 3.25. The summed E-state index contributed by atoms with van der Waals surface area (Å²) in [5, 5.41) is 10.4. The summed E-state index contributed by atoms with van der Waals surface area (Å²) in [6.45, 7) is 13.2. The molecule has 3 rings (SSSR count). The van der Waals surface area contributed by atoms with Gasteiger partial charge in [-0.15, -0.1) is 12.4 Å². The smallest absolute Gasteiger partial charge is 0.409 e. The molecule has 4 atom stereocenters. The van der Waals surface area contributed by atoms with Gasteiger partial charge in [0.05, 0.1) is 25.4 Å². The molecule has 4 unspecified atom stereocenters. The lowest BCUT2D eigenvalue weighted by Gasteiger charge is -2.39. The first kappa shape index (κ1) is 22.7. The van der Waals surface area contributed by atoms with Crippen molar-refractivity contribution in [2.24, 2.45) is 16.7 Å². The van der Waals surface area contributed by atoms with E-state index in [0.717, 1.165) is 25.4 Å². The van der Waals surface area contributed by atoms with E-state index in [0.29, 0.717) is 38.3 Å². The first-order chi connectivity index (χ1) is 12.3. The molecule has 3 fully saturated rings. The van der Waals surface area contributed by atoms with Gasteiger partial charge in [-0.1, -0.05) is 20.8 Å². The third-order valence-electron chi connectivity index (χ3n) is 7.57. The minimum atomic E-state index is -0.477. The van der Waals surface area contributed by atoms with Crippen LogP contribution in [0.25, 0.3) is 0 Å². The highest BCUT2D eigenvalue weighted by Crippen LogP contribution is 2.66. The van der Waals surface area contributed by atoms with E-state index in [4.69, 9.17) is 9.47 Å². The van der Waals surface area contributed by atoms with Crippen LogP contribution in [-0.2, 0) is 9.47 Å². The van der Waals surface area contributed by atoms with E-state index in [2.05, 4.69) is 25.7 Å². The highest BCUT2D eigenvalue weighted by molar-refractivity contribution is 5.85. The van der Waals surface area contributed by atoms with Crippen molar-refractivity contribution in [3.8, 4) is 0 Å². The van der Waals surface area contributed by atoms with Crippen molar-refractivity contribution < 1.29 is 19.4 Å². The zero-order valence-corrected chi connectivity index (χ0v) is 18.1. The lowest BCUT2D eigenvalue weighted by Crippen LogP contribution is -2.51. The fourth-order valence-corrected chi connectivity index (χ4v) is 5.29. The second-order valence-electron chi connectivity index (χ2n) is 9.07. The van der Waals surface area contributed by atoms with Crippen LogP contribution >= 0.6 is 12.4 Å². The number of piperazine rings is 1. The van der Waals surface area contributed by atoms with Crippen molar-refractivity contribution in [3.63, 3.8) is 0 Å². The van der Waals surface area contributed by atoms with Crippen LogP contribution in [-0.4, -0.2) is 79.1 Å². The Balaban J connectivity index is 0.00000261. The molecule has 2 aliphatic carbocycles. The second-order valence-corrected chi connectivity index (χ2v) is 9.07. The molecule has 1 saturated heterocycles. The van der Waals surface area contributed by atoms with Gasteiger partial charge in [-0.05, 0) is 42.9 Å². The van der Waals surface area contributed by atoms with Crippen molar-refractivity contribution in [1.82, 2.24) is 9.80 Å². The minimum Gasteiger partial charge on any atom is -0.450 e. The fourth-order valence-electron chi connectivity index (χ4n) is 5.29. The molecule has 7 heteroatoms. The maximum atomic E-state index is 11.7. The first-order valence-corrected chi connectivity index (χ1v) is 10.2. The number of hydrogen-bond acceptors (Lipinski definition) is 5. The molecule has 1 amide bonds. The van der Waals surface area contributed by atoms with Crippen LogP contribution in [0, 0.1) is 16.7 Å². The van der Waals surface area contributed by atoms with E-state index >= 15 is 0 Å². The summed E-state index contributed by atoms with van der Waals surface area (Å²) in [5.41, 5.74) is 0.578. The Labute approximate surface area is 170 Å². The predicted molar refractivity (Wildman–Crippen MR) is 107 cm³/mol. The minimum absolute atomic E-state index is 0. The Morgan fingerprint density at radius 1 is 1.22 bits per heavy atom. The average Bonchev–Trinajstić information content (AvgIpc) is 2.94. The molecule has 1 heterocycles. The SMILES string of the molecule is CCOC(=O)N1CCN(CC(O)COC2CC3CCC2(C)C3(C)C)CC1.Cl. The summed E-state index contributed by atoms with van der Waals surface area (Å²) in [5.74, 6) is 0.755. The van der Waals surface area contributed by atoms with E-state index in [9.17, 15) is 9.90 Å². The molecule has 158 valence electrons. The number of β-amino-alcohol motifs (C(OH)–C–C–N with tert-alkyl or cyclic N) is 1. The highest BCUT2D eigenvalue weighted by atomic mass is 35.5. The van der Waals surface area contributed by atoms with Gasteiger partial charge in [-0.2, -0.15) is 0 Å². The van der Waals surface area contributed by atoms with E-state index in [1.54, 1.807) is 4.90 Å². The number of hydrogen-bond donors (Lipinski definition) is 1. The number of aliphatic hydroxyl groups excluding tert-OH is 1. The van der Waals surface area contributed by atoms with Crippen LogP contribution in [0.3, 0.4) is 0 Å². The van der Waals surface area contributed by atoms with Crippen molar-refractivity contribution in [2.75, 3.05) is 45.9 Å². The van der Waals surface area contributed by atoms with Crippen LogP contribution in [0.5, 0.6) is 0 Å². The van der Waals surface area contributed by atoms with E-state index < -0.39 is 6.10 Å². The van der Waals surface area contributed by atoms with Crippen LogP contribution < -0.4 is 0 Å². The normalized spacial score (nSPS) is 33.6. The van der Waals surface area contributed by atoms with Crippen LogP contribution in [0.2, 0.25) is 0 Å². The molecule has 0 aromatic heterocycles. The quantitative estimate of drug-likeness (QED) is 0.737. The van der Waals surface area contributed by atoms with Gasteiger partial charge in [0, 0.05) is 32.7 Å². The number of rotatable bonds is 6. The molecule has 6 nitrogen and oxygen atoms in total. The predicted octanol–water partition coefficient (Wildman–Crippen LogP) is 2.77. The van der Waals surface area contributed by atoms with E-state index in [1.165, 1.54) is 12.8 Å². The van der Waals surface area contributed by atoms with Gasteiger partial charge in [0.15, 0.2) is 0 Å². The van der Waals surface area contributed by atoms with Crippen LogP contribution in [0.4, 0.5) is 4.79 Å². The van der Waals surface area contributed by atoms with Gasteiger partial charge in [-0.3, -0.25) is 4.90 Å². The van der Waals surface area contributed by atoms with Gasteiger partial charge in [0.2, 0.25) is 0 Å². The lowest BCUT2D eigenvalue weighted by molar-refractivity contribution is -0.0805. The zero-order chi connectivity index (χ0) is 18.9. The van der Waals surface area contributed by atoms with E-state index in [-0.39, 0.29) is 30.0 Å². The summed E-state index contributed by atoms with van der Waals surface area (Å²) < 4.78 is 11.3. The second kappa shape index (κ2) is 8.85. The molecule has 0 aromatic carbocycles. The van der Waals surface area contributed by atoms with Crippen molar-refractivity contribution >= 4 is 18.5 Å². The number of nitrogens with zero attached hydrogens (tertiary/aromatic N) is 2. The van der Waals surface area contributed by atoms with Gasteiger partial charge in [0.1, 0.15) is 0 Å². The number of ether oxygens (including phenoxy) is 2. The first-order valence-electron chi connectivity index (χ1n) is 10.2. The molecule has 27 heavy (non-hydrogen) atoms. The third-order valence-corrected chi connectivity index (χ3v) is 7.57. The Morgan fingerprint density at radius 2 is 1.89 bits per heavy atom. The monoisotopic (exact) mass is 404 g/mol. The Morgan fingerprint density at radius 3 is 2.41 bits per heavy atom. The maximum Gasteiger partial charge on any atom is 0.409 e. The zero-order valence-electron chi connectivity index (χ0n) is 17.3. The molecule has 1 N–H and O–H groups in total. The largest absolute Gasteiger partial charge is 0.450 e. The molecular weight excluding hydrogens is 368 g/mol. The van der Waals surface area contributed by atoms with Crippen molar-refractivity contribution in [1.29, 1.82) is 0 Å². The van der Waals surface area contributed by atoms with Gasteiger partial charge < -0.3 is 19.5 Å². The molecule has 0 radical (unpaired) electrons.